The maximum Gasteiger partial charge on any atom is 0.323 e. The van der Waals surface area contributed by atoms with E-state index in [-0.39, 0.29) is 18.1 Å². The van der Waals surface area contributed by atoms with Crippen LogP contribution in [-0.2, 0) is 9.53 Å². The molecule has 2 aliphatic rings. The number of carbonyl (C=O) groups is 1. The van der Waals surface area contributed by atoms with Gasteiger partial charge in [0.2, 0.25) is 0 Å². The molecular weight excluding hydrogens is 214 g/mol. The van der Waals surface area contributed by atoms with Crippen LogP contribution < -0.4 is 0 Å². The van der Waals surface area contributed by atoms with E-state index < -0.39 is 0 Å². The minimum Gasteiger partial charge on any atom is -0.462 e. The fraction of sp³-hybridized carbons (Fsp3) is 0.500. The normalized spacial score (nSPS) is 29.5. The third kappa shape index (κ3) is 1.95. The summed E-state index contributed by atoms with van der Waals surface area (Å²) in [6.45, 7) is 1.51. The van der Waals surface area contributed by atoms with Crippen LogP contribution in [0.4, 0.5) is 0 Å². The van der Waals surface area contributed by atoms with Crippen molar-refractivity contribution in [1.82, 2.24) is 4.90 Å². The van der Waals surface area contributed by atoms with Crippen molar-refractivity contribution < 1.29 is 9.53 Å². The standard InChI is InChI=1S/C14H17NO2/c16-14-12-8-4-5-9-15(12)13(10-17-14)11-6-2-1-3-7-11/h1-3,6-7,12-13H,4-5,8-10H2/t12-,13+/m1/s1. The molecule has 2 heterocycles. The Morgan fingerprint density at radius 1 is 1.12 bits per heavy atom. The van der Waals surface area contributed by atoms with Crippen LogP contribution in [-0.4, -0.2) is 30.1 Å². The first-order valence-corrected chi connectivity index (χ1v) is 6.33. The molecule has 0 N–H and O–H groups in total. The van der Waals surface area contributed by atoms with Crippen LogP contribution in [0.5, 0.6) is 0 Å². The highest BCUT2D eigenvalue weighted by Gasteiger charge is 2.39. The van der Waals surface area contributed by atoms with Gasteiger partial charge in [0.15, 0.2) is 0 Å². The summed E-state index contributed by atoms with van der Waals surface area (Å²) in [5, 5.41) is 0. The van der Waals surface area contributed by atoms with Crippen molar-refractivity contribution >= 4 is 5.97 Å². The second-order valence-electron chi connectivity index (χ2n) is 4.81. The molecule has 3 nitrogen and oxygen atoms in total. The molecule has 0 bridgehead atoms. The molecule has 0 unspecified atom stereocenters. The minimum atomic E-state index is -0.0307. The quantitative estimate of drug-likeness (QED) is 0.693. The Balaban J connectivity index is 1.87. The number of rotatable bonds is 1. The molecule has 0 radical (unpaired) electrons. The molecule has 90 valence electrons. The summed E-state index contributed by atoms with van der Waals surface area (Å²) in [6.07, 6.45) is 3.27. The second kappa shape index (κ2) is 4.49. The average molecular weight is 231 g/mol. The van der Waals surface area contributed by atoms with Crippen LogP contribution in [0.3, 0.4) is 0 Å². The summed E-state index contributed by atoms with van der Waals surface area (Å²) in [7, 11) is 0. The van der Waals surface area contributed by atoms with E-state index in [1.54, 1.807) is 0 Å². The fourth-order valence-electron chi connectivity index (χ4n) is 2.90. The van der Waals surface area contributed by atoms with Crippen molar-refractivity contribution in [2.75, 3.05) is 13.2 Å². The number of hydrogen-bond acceptors (Lipinski definition) is 3. The van der Waals surface area contributed by atoms with Crippen molar-refractivity contribution in [2.45, 2.75) is 31.3 Å². The summed E-state index contributed by atoms with van der Waals surface area (Å²) in [5.74, 6) is -0.0307. The van der Waals surface area contributed by atoms with Crippen molar-refractivity contribution in [3.05, 3.63) is 35.9 Å². The van der Waals surface area contributed by atoms with E-state index >= 15 is 0 Å². The van der Waals surface area contributed by atoms with E-state index in [0.717, 1.165) is 19.4 Å². The van der Waals surface area contributed by atoms with Gasteiger partial charge in [-0.05, 0) is 24.9 Å². The summed E-state index contributed by atoms with van der Waals surface area (Å²) in [4.78, 5) is 14.1. The predicted octanol–water partition coefficient (Wildman–Crippen LogP) is 2.14. The second-order valence-corrected chi connectivity index (χ2v) is 4.81. The van der Waals surface area contributed by atoms with Crippen LogP contribution in [0.25, 0.3) is 0 Å². The average Bonchev–Trinajstić information content (AvgIpc) is 2.41. The van der Waals surface area contributed by atoms with Crippen LogP contribution >= 0.6 is 0 Å². The molecule has 0 amide bonds. The zero-order valence-electron chi connectivity index (χ0n) is 9.84. The number of hydrogen-bond donors (Lipinski definition) is 0. The SMILES string of the molecule is O=C1OC[C@@H](c2ccccc2)N2CCCC[C@H]12. The first-order valence-electron chi connectivity index (χ1n) is 6.33. The number of morpholine rings is 1. The number of piperidine rings is 1. The molecule has 2 aliphatic heterocycles. The molecule has 0 spiro atoms. The van der Waals surface area contributed by atoms with Crippen molar-refractivity contribution in [2.24, 2.45) is 0 Å². The topological polar surface area (TPSA) is 29.5 Å². The molecule has 0 aliphatic carbocycles. The predicted molar refractivity (Wildman–Crippen MR) is 64.5 cm³/mol. The highest BCUT2D eigenvalue weighted by molar-refractivity contribution is 5.76. The van der Waals surface area contributed by atoms with Gasteiger partial charge in [-0.2, -0.15) is 0 Å². The lowest BCUT2D eigenvalue weighted by atomic mass is 9.95. The molecule has 2 fully saturated rings. The number of fused-ring (bicyclic) bond motifs is 1. The highest BCUT2D eigenvalue weighted by Crippen LogP contribution is 2.32. The van der Waals surface area contributed by atoms with Crippen LogP contribution in [0.1, 0.15) is 30.9 Å². The Morgan fingerprint density at radius 2 is 1.94 bits per heavy atom. The minimum absolute atomic E-state index is 0.0114. The smallest absolute Gasteiger partial charge is 0.323 e. The highest BCUT2D eigenvalue weighted by atomic mass is 16.5. The Kier molecular flexibility index (Phi) is 2.85. The molecule has 0 saturated carbocycles. The maximum absolute atomic E-state index is 11.7. The third-order valence-electron chi connectivity index (χ3n) is 3.78. The van der Waals surface area contributed by atoms with Crippen molar-refractivity contribution in [1.29, 1.82) is 0 Å². The summed E-state index contributed by atoms with van der Waals surface area (Å²) < 4.78 is 5.33. The third-order valence-corrected chi connectivity index (χ3v) is 3.78. The Hall–Kier alpha value is -1.35. The van der Waals surface area contributed by atoms with Gasteiger partial charge in [-0.3, -0.25) is 9.69 Å². The van der Waals surface area contributed by atoms with E-state index in [1.165, 1.54) is 12.0 Å². The molecular formula is C14H17NO2. The lowest BCUT2D eigenvalue weighted by molar-refractivity contribution is -0.165. The summed E-state index contributed by atoms with van der Waals surface area (Å²) in [5.41, 5.74) is 1.26. The van der Waals surface area contributed by atoms with Crippen LogP contribution in [0.15, 0.2) is 30.3 Å². The number of benzene rings is 1. The Morgan fingerprint density at radius 3 is 2.76 bits per heavy atom. The molecule has 17 heavy (non-hydrogen) atoms. The fourth-order valence-corrected chi connectivity index (χ4v) is 2.90. The molecule has 3 rings (SSSR count). The van der Waals surface area contributed by atoms with Gasteiger partial charge in [0.1, 0.15) is 12.6 Å². The molecule has 1 aromatic carbocycles. The lowest BCUT2D eigenvalue weighted by Crippen LogP contribution is -2.52. The lowest BCUT2D eigenvalue weighted by Gasteiger charge is -2.43. The Labute approximate surface area is 101 Å². The number of nitrogens with zero attached hydrogens (tertiary/aromatic N) is 1. The first-order chi connectivity index (χ1) is 8.36. The van der Waals surface area contributed by atoms with Gasteiger partial charge < -0.3 is 4.74 Å². The van der Waals surface area contributed by atoms with Crippen molar-refractivity contribution in [3.63, 3.8) is 0 Å². The van der Waals surface area contributed by atoms with Gasteiger partial charge in [0.05, 0.1) is 6.04 Å². The van der Waals surface area contributed by atoms with Gasteiger partial charge in [-0.25, -0.2) is 0 Å². The number of cyclic esters (lactones) is 1. The van der Waals surface area contributed by atoms with E-state index in [1.807, 2.05) is 18.2 Å². The van der Waals surface area contributed by atoms with Gasteiger partial charge in [0.25, 0.3) is 0 Å². The van der Waals surface area contributed by atoms with E-state index in [9.17, 15) is 4.79 Å². The molecule has 2 atom stereocenters. The van der Waals surface area contributed by atoms with E-state index in [2.05, 4.69) is 17.0 Å². The first kappa shape index (κ1) is 10.8. The monoisotopic (exact) mass is 231 g/mol. The van der Waals surface area contributed by atoms with Crippen molar-refractivity contribution in [3.8, 4) is 0 Å². The number of esters is 1. The summed E-state index contributed by atoms with van der Waals surface area (Å²) in [6, 6.07) is 10.6. The number of ether oxygens (including phenoxy) is 1. The summed E-state index contributed by atoms with van der Waals surface area (Å²) >= 11 is 0. The van der Waals surface area contributed by atoms with Crippen LogP contribution in [0.2, 0.25) is 0 Å². The van der Waals surface area contributed by atoms with Gasteiger partial charge in [0, 0.05) is 0 Å². The molecule has 3 heteroatoms. The van der Waals surface area contributed by atoms with Gasteiger partial charge in [-0.15, -0.1) is 0 Å². The molecule has 2 saturated heterocycles. The largest absolute Gasteiger partial charge is 0.462 e. The molecule has 0 aromatic heterocycles. The molecule has 1 aromatic rings. The zero-order chi connectivity index (χ0) is 11.7. The Bertz CT molecular complexity index is 404. The maximum atomic E-state index is 11.7. The van der Waals surface area contributed by atoms with E-state index in [0.29, 0.717) is 6.61 Å². The van der Waals surface area contributed by atoms with Gasteiger partial charge >= 0.3 is 5.97 Å². The van der Waals surface area contributed by atoms with Gasteiger partial charge in [-0.1, -0.05) is 36.8 Å². The van der Waals surface area contributed by atoms with Crippen LogP contribution in [0, 0.1) is 0 Å². The van der Waals surface area contributed by atoms with E-state index in [4.69, 9.17) is 4.74 Å². The zero-order valence-corrected chi connectivity index (χ0v) is 9.84. The number of carbonyl (C=O) groups excluding carboxylic acids is 1.